The summed E-state index contributed by atoms with van der Waals surface area (Å²) in [5.41, 5.74) is -1.41. The Labute approximate surface area is 63.2 Å². The third kappa shape index (κ3) is 1.63. The van der Waals surface area contributed by atoms with E-state index in [1.807, 2.05) is 0 Å². The van der Waals surface area contributed by atoms with E-state index in [1.165, 1.54) is 13.8 Å². The van der Waals surface area contributed by atoms with Crippen molar-refractivity contribution >= 4 is 6.29 Å². The molecule has 0 saturated heterocycles. The first-order valence-electron chi connectivity index (χ1n) is 3.14. The highest BCUT2D eigenvalue weighted by atomic mass is 19.1. The molecule has 0 radical (unpaired) electrons. The van der Waals surface area contributed by atoms with Gasteiger partial charge < -0.3 is 4.42 Å². The van der Waals surface area contributed by atoms with Gasteiger partial charge in [0.2, 0.25) is 6.29 Å². The summed E-state index contributed by atoms with van der Waals surface area (Å²) in [7, 11) is 0. The maximum absolute atomic E-state index is 13.0. The molecule has 1 aromatic heterocycles. The molecule has 0 fully saturated rings. The molecule has 4 heteroatoms. The van der Waals surface area contributed by atoms with Crippen molar-refractivity contribution in [1.29, 1.82) is 0 Å². The Kier molecular flexibility index (Phi) is 1.76. The lowest BCUT2D eigenvalue weighted by atomic mass is 10.1. The lowest BCUT2D eigenvalue weighted by molar-refractivity contribution is 0.109. The van der Waals surface area contributed by atoms with Gasteiger partial charge in [-0.15, -0.1) is 0 Å². The molecule has 0 aliphatic heterocycles. The predicted octanol–water partition coefficient (Wildman–Crippen LogP) is 1.69. The summed E-state index contributed by atoms with van der Waals surface area (Å²) in [6, 6.07) is 0. The normalized spacial score (nSPS) is 11.5. The van der Waals surface area contributed by atoms with Gasteiger partial charge in [0.05, 0.1) is 0 Å². The second-order valence-electron chi connectivity index (χ2n) is 2.66. The first-order valence-corrected chi connectivity index (χ1v) is 3.14. The third-order valence-electron chi connectivity index (χ3n) is 1.23. The topological polar surface area (TPSA) is 43.1 Å². The molecule has 0 N–H and O–H groups in total. The summed E-state index contributed by atoms with van der Waals surface area (Å²) in [6.45, 7) is 2.69. The van der Waals surface area contributed by atoms with E-state index in [-0.39, 0.29) is 11.6 Å². The van der Waals surface area contributed by atoms with Crippen LogP contribution in [0.3, 0.4) is 0 Å². The van der Waals surface area contributed by atoms with Crippen LogP contribution in [0, 0.1) is 0 Å². The molecule has 3 nitrogen and oxygen atoms in total. The summed E-state index contributed by atoms with van der Waals surface area (Å²) in [6.07, 6.45) is 1.58. The second-order valence-corrected chi connectivity index (χ2v) is 2.66. The number of oxazole rings is 1. The highest BCUT2D eigenvalue weighted by Gasteiger charge is 2.22. The average molecular weight is 157 g/mol. The summed E-state index contributed by atoms with van der Waals surface area (Å²) in [5, 5.41) is 0. The predicted molar refractivity (Wildman–Crippen MR) is 36.0 cm³/mol. The molecule has 0 saturated carbocycles. The molecule has 0 bridgehead atoms. The largest absolute Gasteiger partial charge is 0.442 e. The number of halogens is 1. The molecule has 1 rings (SSSR count). The fourth-order valence-electron chi connectivity index (χ4n) is 0.615. The molecule has 0 atom stereocenters. The molecular formula is C7H8FNO2. The zero-order chi connectivity index (χ0) is 8.48. The molecule has 60 valence electrons. The van der Waals surface area contributed by atoms with Crippen molar-refractivity contribution in [2.45, 2.75) is 19.5 Å². The van der Waals surface area contributed by atoms with E-state index in [0.717, 1.165) is 6.26 Å². The zero-order valence-electron chi connectivity index (χ0n) is 6.30. The van der Waals surface area contributed by atoms with Gasteiger partial charge >= 0.3 is 0 Å². The van der Waals surface area contributed by atoms with Crippen LogP contribution >= 0.6 is 0 Å². The summed E-state index contributed by atoms with van der Waals surface area (Å²) >= 11 is 0. The Morgan fingerprint density at radius 1 is 1.73 bits per heavy atom. The highest BCUT2D eigenvalue weighted by Crippen LogP contribution is 2.22. The third-order valence-corrected chi connectivity index (χ3v) is 1.23. The van der Waals surface area contributed by atoms with Gasteiger partial charge in [-0.05, 0) is 13.8 Å². The first kappa shape index (κ1) is 7.91. The number of aldehydes is 1. The van der Waals surface area contributed by atoms with E-state index < -0.39 is 5.67 Å². The lowest BCUT2D eigenvalue weighted by Gasteiger charge is -2.07. The zero-order valence-corrected chi connectivity index (χ0v) is 6.30. The van der Waals surface area contributed by atoms with Gasteiger partial charge in [0, 0.05) is 0 Å². The quantitative estimate of drug-likeness (QED) is 0.613. The minimum absolute atomic E-state index is 0.0919. The van der Waals surface area contributed by atoms with E-state index in [1.54, 1.807) is 0 Å². The SMILES string of the molecule is CC(C)(F)c1coc(C=O)n1. The fourth-order valence-corrected chi connectivity index (χ4v) is 0.615. The molecule has 1 heterocycles. The Bertz CT molecular complexity index is 262. The van der Waals surface area contributed by atoms with Crippen LogP contribution < -0.4 is 0 Å². The van der Waals surface area contributed by atoms with E-state index >= 15 is 0 Å². The maximum Gasteiger partial charge on any atom is 0.260 e. The minimum Gasteiger partial charge on any atom is -0.442 e. The van der Waals surface area contributed by atoms with Crippen LogP contribution in [-0.2, 0) is 5.67 Å². The number of hydrogen-bond donors (Lipinski definition) is 0. The molecule has 1 aromatic rings. The van der Waals surface area contributed by atoms with Crippen LogP contribution in [0.2, 0.25) is 0 Å². The number of nitrogens with zero attached hydrogens (tertiary/aromatic N) is 1. The molecule has 0 aliphatic rings. The van der Waals surface area contributed by atoms with Crippen molar-refractivity contribution < 1.29 is 13.6 Å². The molecule has 0 spiro atoms. The van der Waals surface area contributed by atoms with Crippen LogP contribution in [0.15, 0.2) is 10.7 Å². The Hall–Kier alpha value is -1.19. The second kappa shape index (κ2) is 2.45. The van der Waals surface area contributed by atoms with Crippen LogP contribution in [0.4, 0.5) is 4.39 Å². The Balaban J connectivity index is 2.98. The van der Waals surface area contributed by atoms with Crippen molar-refractivity contribution in [2.24, 2.45) is 0 Å². The standard InChI is InChI=1S/C7H8FNO2/c1-7(2,8)5-4-11-6(3-10)9-5/h3-4H,1-2H3. The lowest BCUT2D eigenvalue weighted by Crippen LogP contribution is -2.09. The van der Waals surface area contributed by atoms with Gasteiger partial charge in [-0.1, -0.05) is 0 Å². The van der Waals surface area contributed by atoms with E-state index in [4.69, 9.17) is 0 Å². The molecule has 11 heavy (non-hydrogen) atoms. The van der Waals surface area contributed by atoms with Crippen molar-refractivity contribution in [3.05, 3.63) is 17.8 Å². The van der Waals surface area contributed by atoms with Crippen LogP contribution in [-0.4, -0.2) is 11.3 Å². The number of hydrogen-bond acceptors (Lipinski definition) is 3. The fraction of sp³-hybridized carbons (Fsp3) is 0.429. The maximum atomic E-state index is 13.0. The highest BCUT2D eigenvalue weighted by molar-refractivity contribution is 5.67. The summed E-state index contributed by atoms with van der Waals surface area (Å²) in [5.74, 6) is -0.0919. The van der Waals surface area contributed by atoms with E-state index in [9.17, 15) is 9.18 Å². The monoisotopic (exact) mass is 157 g/mol. The summed E-state index contributed by atoms with van der Waals surface area (Å²) < 4.78 is 17.7. The number of carbonyl (C=O) groups is 1. The van der Waals surface area contributed by atoms with E-state index in [0.29, 0.717) is 6.29 Å². The van der Waals surface area contributed by atoms with Crippen molar-refractivity contribution in [1.82, 2.24) is 4.98 Å². The Morgan fingerprint density at radius 3 is 2.64 bits per heavy atom. The smallest absolute Gasteiger partial charge is 0.260 e. The Morgan fingerprint density at radius 2 is 2.36 bits per heavy atom. The number of alkyl halides is 1. The molecule has 0 aliphatic carbocycles. The van der Waals surface area contributed by atoms with Crippen molar-refractivity contribution in [3.8, 4) is 0 Å². The summed E-state index contributed by atoms with van der Waals surface area (Å²) in [4.78, 5) is 13.7. The van der Waals surface area contributed by atoms with E-state index in [2.05, 4.69) is 9.40 Å². The number of carbonyl (C=O) groups excluding carboxylic acids is 1. The van der Waals surface area contributed by atoms with Gasteiger partial charge in [0.15, 0.2) is 0 Å². The average Bonchev–Trinajstić information content (AvgIpc) is 2.32. The minimum atomic E-state index is -1.55. The van der Waals surface area contributed by atoms with Crippen molar-refractivity contribution in [2.75, 3.05) is 0 Å². The first-order chi connectivity index (χ1) is 5.04. The van der Waals surface area contributed by atoms with Gasteiger partial charge in [-0.3, -0.25) is 4.79 Å². The molecular weight excluding hydrogens is 149 g/mol. The number of rotatable bonds is 2. The van der Waals surface area contributed by atoms with Gasteiger partial charge in [0.25, 0.3) is 5.89 Å². The van der Waals surface area contributed by atoms with Crippen LogP contribution in [0.5, 0.6) is 0 Å². The van der Waals surface area contributed by atoms with Gasteiger partial charge in [-0.2, -0.15) is 0 Å². The molecule has 0 amide bonds. The van der Waals surface area contributed by atoms with Crippen LogP contribution in [0.25, 0.3) is 0 Å². The number of aromatic nitrogens is 1. The molecule has 0 unspecified atom stereocenters. The van der Waals surface area contributed by atoms with Gasteiger partial charge in [-0.25, -0.2) is 9.37 Å². The van der Waals surface area contributed by atoms with Gasteiger partial charge in [0.1, 0.15) is 17.6 Å². The molecule has 0 aromatic carbocycles. The van der Waals surface area contributed by atoms with Crippen LogP contribution in [0.1, 0.15) is 30.2 Å². The van der Waals surface area contributed by atoms with Crippen molar-refractivity contribution in [3.63, 3.8) is 0 Å².